The molecule has 17 heteroatoms. The van der Waals surface area contributed by atoms with Gasteiger partial charge in [0, 0.05) is 27.2 Å². The minimum Gasteiger partial charge on any atom is -0.497 e. The number of aliphatic hydroxyl groups excluding tert-OH is 1. The predicted octanol–water partition coefficient (Wildman–Crippen LogP) is 3.08. The van der Waals surface area contributed by atoms with Gasteiger partial charge in [-0.25, -0.2) is 0 Å². The molecule has 0 aromatic heterocycles. The lowest BCUT2D eigenvalue weighted by molar-refractivity contribution is -0.293. The Morgan fingerprint density at radius 2 is 1.18 bits per heavy atom. The van der Waals surface area contributed by atoms with Gasteiger partial charge >= 0.3 is 17.9 Å². The van der Waals surface area contributed by atoms with Crippen LogP contribution in [0.3, 0.4) is 0 Å². The molecule has 3 aromatic carbocycles. The fraction of sp³-hybridized carbons (Fsp3) is 0.500. The van der Waals surface area contributed by atoms with Crippen LogP contribution in [0.4, 0.5) is 0 Å². The van der Waals surface area contributed by atoms with E-state index in [4.69, 9.17) is 57.8 Å². The first-order valence-corrected chi connectivity index (χ1v) is 19.8. The van der Waals surface area contributed by atoms with Crippen molar-refractivity contribution in [1.29, 1.82) is 0 Å². The Balaban J connectivity index is 1.24. The highest BCUT2D eigenvalue weighted by atomic mass is 16.7. The second-order valence-electron chi connectivity index (χ2n) is 14.0. The lowest BCUT2D eigenvalue weighted by Gasteiger charge is -2.44. The summed E-state index contributed by atoms with van der Waals surface area (Å²) in [4.78, 5) is 47.6. The van der Waals surface area contributed by atoms with E-state index in [1.165, 1.54) is 6.92 Å². The van der Waals surface area contributed by atoms with E-state index in [1.54, 1.807) is 14.2 Å². The van der Waals surface area contributed by atoms with Crippen LogP contribution in [0, 0.1) is 5.92 Å². The quantitative estimate of drug-likeness (QED) is 0.0514. The van der Waals surface area contributed by atoms with E-state index in [0.717, 1.165) is 30.5 Å². The molecule has 0 spiro atoms. The molecule has 0 radical (unpaired) electrons. The van der Waals surface area contributed by atoms with E-state index in [2.05, 4.69) is 0 Å². The van der Waals surface area contributed by atoms with Crippen molar-refractivity contribution in [1.82, 2.24) is 0 Å². The van der Waals surface area contributed by atoms with Crippen LogP contribution in [0.25, 0.3) is 0 Å². The van der Waals surface area contributed by atoms with Crippen LogP contribution in [0.15, 0.2) is 78.9 Å². The van der Waals surface area contributed by atoms with Crippen molar-refractivity contribution in [2.24, 2.45) is 11.7 Å². The van der Waals surface area contributed by atoms with E-state index >= 15 is 0 Å². The minimum atomic E-state index is -1.21. The number of methoxy groups -OCH3 is 2. The van der Waals surface area contributed by atoms with Gasteiger partial charge in [0.1, 0.15) is 42.0 Å². The summed E-state index contributed by atoms with van der Waals surface area (Å²) < 4.78 is 62.3. The standard InChI is InChI=1S/C44H57NO16/c1-29(46)57-28-39-42(60-31(3)48)41(59-30(2)47)38(25-40(45)50)43(61-39)56-24-23-54-20-19-53-21-22-55-26-35(49)27-58-44(32-9-7-6-8-10-32,33-11-15-36(51-4)16-12-33)34-13-17-37(52-5)18-14-34/h6-18,35,38-39,41-43,49H,19-28H2,1-5H3,(H2,45,50)/t35-,38+,39+,41+,42-,43+/m0/s1. The first-order valence-electron chi connectivity index (χ1n) is 19.8. The summed E-state index contributed by atoms with van der Waals surface area (Å²) in [6, 6.07) is 25.0. The Morgan fingerprint density at radius 3 is 1.69 bits per heavy atom. The van der Waals surface area contributed by atoms with Crippen LogP contribution in [0.2, 0.25) is 0 Å². The molecular weight excluding hydrogens is 798 g/mol. The van der Waals surface area contributed by atoms with Gasteiger partial charge in [-0.2, -0.15) is 0 Å². The number of benzene rings is 3. The third kappa shape index (κ3) is 14.8. The van der Waals surface area contributed by atoms with Crippen molar-refractivity contribution in [3.8, 4) is 11.5 Å². The molecule has 17 nitrogen and oxygen atoms in total. The molecule has 1 fully saturated rings. The normalized spacial score (nSPS) is 19.3. The van der Waals surface area contributed by atoms with Crippen molar-refractivity contribution in [3.63, 3.8) is 0 Å². The third-order valence-corrected chi connectivity index (χ3v) is 9.49. The van der Waals surface area contributed by atoms with Crippen molar-refractivity contribution >= 4 is 23.8 Å². The predicted molar refractivity (Wildman–Crippen MR) is 216 cm³/mol. The number of hydrogen-bond acceptors (Lipinski definition) is 16. The Bertz CT molecular complexity index is 1740. The Labute approximate surface area is 355 Å². The van der Waals surface area contributed by atoms with Gasteiger partial charge in [-0.05, 0) is 41.0 Å². The number of nitrogens with two attached hydrogens (primary N) is 1. The van der Waals surface area contributed by atoms with Crippen LogP contribution in [0.1, 0.15) is 43.9 Å². The second kappa shape index (κ2) is 25.0. The number of primary amides is 1. The number of amides is 1. The molecule has 3 aromatic rings. The molecule has 1 aliphatic rings. The molecule has 3 N–H and O–H groups in total. The van der Waals surface area contributed by atoms with Gasteiger partial charge in [-0.15, -0.1) is 0 Å². The van der Waals surface area contributed by atoms with Gasteiger partial charge in [-0.3, -0.25) is 19.2 Å². The largest absolute Gasteiger partial charge is 0.497 e. The van der Waals surface area contributed by atoms with Gasteiger partial charge < -0.3 is 62.9 Å². The van der Waals surface area contributed by atoms with Crippen LogP contribution < -0.4 is 15.2 Å². The van der Waals surface area contributed by atoms with Gasteiger partial charge in [0.25, 0.3) is 0 Å². The number of aliphatic hydroxyl groups is 1. The lowest BCUT2D eigenvalue weighted by atomic mass is 9.80. The summed E-state index contributed by atoms with van der Waals surface area (Å²) in [6.07, 6.45) is -5.95. The van der Waals surface area contributed by atoms with Crippen molar-refractivity contribution in [3.05, 3.63) is 95.6 Å². The fourth-order valence-corrected chi connectivity index (χ4v) is 6.81. The van der Waals surface area contributed by atoms with Crippen LogP contribution >= 0.6 is 0 Å². The summed E-state index contributed by atoms with van der Waals surface area (Å²) in [5, 5.41) is 11.0. The molecule has 4 rings (SSSR count). The first-order chi connectivity index (χ1) is 29.4. The summed E-state index contributed by atoms with van der Waals surface area (Å²) in [5.74, 6) is -2.34. The molecule has 1 heterocycles. The van der Waals surface area contributed by atoms with E-state index in [9.17, 15) is 24.3 Å². The van der Waals surface area contributed by atoms with Crippen LogP contribution in [0.5, 0.6) is 11.5 Å². The number of carbonyl (C=O) groups excluding carboxylic acids is 4. The van der Waals surface area contributed by atoms with Gasteiger partial charge in [0.15, 0.2) is 12.4 Å². The number of rotatable bonds is 26. The zero-order chi connectivity index (χ0) is 44.2. The molecule has 61 heavy (non-hydrogen) atoms. The van der Waals surface area contributed by atoms with E-state index in [0.29, 0.717) is 11.5 Å². The monoisotopic (exact) mass is 855 g/mol. The van der Waals surface area contributed by atoms with Crippen LogP contribution in [-0.2, 0) is 67.4 Å². The lowest BCUT2D eigenvalue weighted by Crippen LogP contribution is -2.60. The van der Waals surface area contributed by atoms with E-state index in [1.807, 2.05) is 78.9 Å². The maximum atomic E-state index is 12.0. The molecule has 0 aliphatic carbocycles. The SMILES string of the molecule is COc1ccc(C(OC[C@@H](O)COCCOCCOCCO[C@@H]2O[C@H](COC(C)=O)[C@H](OC(C)=O)[C@H](OC(C)=O)[C@H]2CC(N)=O)(c2ccccc2)c2ccc(OC)cc2)cc1. The van der Waals surface area contributed by atoms with Crippen molar-refractivity contribution < 1.29 is 76.4 Å². The summed E-state index contributed by atoms with van der Waals surface area (Å²) in [5.41, 5.74) is 6.94. The molecule has 1 amide bonds. The highest BCUT2D eigenvalue weighted by Crippen LogP contribution is 2.42. The highest BCUT2D eigenvalue weighted by molar-refractivity contribution is 5.74. The van der Waals surface area contributed by atoms with Crippen molar-refractivity contribution in [2.45, 2.75) is 63.5 Å². The fourth-order valence-electron chi connectivity index (χ4n) is 6.81. The van der Waals surface area contributed by atoms with Gasteiger partial charge in [0.05, 0.1) is 73.0 Å². The summed E-state index contributed by atoms with van der Waals surface area (Å²) in [6.45, 7) is 4.04. The molecule has 1 aliphatic heterocycles. The molecule has 6 atom stereocenters. The molecule has 0 unspecified atom stereocenters. The zero-order valence-corrected chi connectivity index (χ0v) is 35.2. The second-order valence-corrected chi connectivity index (χ2v) is 14.0. The average Bonchev–Trinajstić information content (AvgIpc) is 3.24. The Kier molecular flexibility index (Phi) is 19.9. The van der Waals surface area contributed by atoms with E-state index < -0.39 is 66.0 Å². The highest BCUT2D eigenvalue weighted by Gasteiger charge is 2.51. The zero-order valence-electron chi connectivity index (χ0n) is 35.2. The first kappa shape index (κ1) is 48.5. The summed E-state index contributed by atoms with van der Waals surface area (Å²) >= 11 is 0. The molecule has 0 saturated carbocycles. The van der Waals surface area contributed by atoms with Gasteiger partial charge in [-0.1, -0.05) is 54.6 Å². The van der Waals surface area contributed by atoms with Crippen LogP contribution in [-0.4, -0.2) is 133 Å². The number of carbonyl (C=O) groups is 4. The molecular formula is C44H57NO16. The topological polar surface area (TPSA) is 216 Å². The number of ether oxygens (including phenoxy) is 11. The molecule has 334 valence electrons. The number of esters is 3. The maximum absolute atomic E-state index is 12.0. The summed E-state index contributed by atoms with van der Waals surface area (Å²) in [7, 11) is 3.21. The van der Waals surface area contributed by atoms with E-state index in [-0.39, 0.29) is 65.9 Å². The Morgan fingerprint density at radius 1 is 0.672 bits per heavy atom. The maximum Gasteiger partial charge on any atom is 0.303 e. The minimum absolute atomic E-state index is 0.00501. The Hall–Kier alpha value is -5.14. The average molecular weight is 856 g/mol. The third-order valence-electron chi connectivity index (χ3n) is 9.49. The molecule has 0 bridgehead atoms. The molecule has 1 saturated heterocycles. The van der Waals surface area contributed by atoms with Crippen molar-refractivity contribution in [2.75, 3.05) is 73.7 Å². The van der Waals surface area contributed by atoms with Gasteiger partial charge in [0.2, 0.25) is 5.91 Å². The smallest absolute Gasteiger partial charge is 0.303 e. The number of hydrogen-bond donors (Lipinski definition) is 2.